The van der Waals surface area contributed by atoms with Gasteiger partial charge in [-0.3, -0.25) is 4.79 Å². The summed E-state index contributed by atoms with van der Waals surface area (Å²) < 4.78 is 11.0. The molecule has 4 nitrogen and oxygen atoms in total. The summed E-state index contributed by atoms with van der Waals surface area (Å²) in [6, 6.07) is 0. The van der Waals surface area contributed by atoms with Crippen LogP contribution in [-0.2, 0) is 14.3 Å². The summed E-state index contributed by atoms with van der Waals surface area (Å²) in [5, 5.41) is 0. The first-order valence-electron chi connectivity index (χ1n) is 8.79. The van der Waals surface area contributed by atoms with Crippen molar-refractivity contribution in [3.05, 3.63) is 11.8 Å². The third-order valence-corrected chi connectivity index (χ3v) is 3.89. The molecule has 0 radical (unpaired) electrons. The van der Waals surface area contributed by atoms with Crippen LogP contribution in [0.1, 0.15) is 61.3 Å². The van der Waals surface area contributed by atoms with E-state index >= 15 is 0 Å². The Labute approximate surface area is 142 Å². The molecule has 1 aliphatic heterocycles. The molecule has 4 heteroatoms. The van der Waals surface area contributed by atoms with Crippen molar-refractivity contribution in [2.75, 3.05) is 26.3 Å². The molecule has 1 heterocycles. The van der Waals surface area contributed by atoms with Crippen LogP contribution < -0.4 is 0 Å². The average molecular weight is 325 g/mol. The standard InChI is InChI=1S/C19H35NO3/c1-8-15(14-17(21)23-19(5,6)7)13-16(18(2,3)4)20-9-11-22-12-10-20/h13,15H,8-12,14H2,1-7H3/b16-13-. The number of hydrogen-bond acceptors (Lipinski definition) is 4. The Morgan fingerprint density at radius 3 is 2.17 bits per heavy atom. The topological polar surface area (TPSA) is 38.8 Å². The molecular formula is C19H35NO3. The molecule has 0 aromatic carbocycles. The fraction of sp³-hybridized carbons (Fsp3) is 0.842. The molecular weight excluding hydrogens is 290 g/mol. The summed E-state index contributed by atoms with van der Waals surface area (Å²) in [5.41, 5.74) is 0.950. The number of esters is 1. The van der Waals surface area contributed by atoms with Crippen molar-refractivity contribution < 1.29 is 14.3 Å². The molecule has 0 spiro atoms. The first-order chi connectivity index (χ1) is 10.5. The number of ether oxygens (including phenoxy) is 2. The summed E-state index contributed by atoms with van der Waals surface area (Å²) >= 11 is 0. The van der Waals surface area contributed by atoms with E-state index in [0.29, 0.717) is 6.42 Å². The lowest BCUT2D eigenvalue weighted by molar-refractivity contribution is -0.155. The molecule has 1 atom stereocenters. The Morgan fingerprint density at radius 1 is 1.17 bits per heavy atom. The predicted molar refractivity (Wildman–Crippen MR) is 94.2 cm³/mol. The summed E-state index contributed by atoms with van der Waals surface area (Å²) in [7, 11) is 0. The highest BCUT2D eigenvalue weighted by Gasteiger charge is 2.26. The molecule has 1 fully saturated rings. The van der Waals surface area contributed by atoms with Crippen LogP contribution in [0.4, 0.5) is 0 Å². The van der Waals surface area contributed by atoms with Crippen LogP contribution in [0.5, 0.6) is 0 Å². The summed E-state index contributed by atoms with van der Waals surface area (Å²) in [5.74, 6) is 0.0951. The molecule has 1 saturated heterocycles. The highest BCUT2D eigenvalue weighted by molar-refractivity contribution is 5.70. The number of carbonyl (C=O) groups is 1. The van der Waals surface area contributed by atoms with Crippen molar-refractivity contribution in [3.8, 4) is 0 Å². The van der Waals surface area contributed by atoms with Crippen molar-refractivity contribution in [1.82, 2.24) is 4.90 Å². The highest BCUT2D eigenvalue weighted by atomic mass is 16.6. The van der Waals surface area contributed by atoms with Crippen LogP contribution in [0.15, 0.2) is 11.8 Å². The first kappa shape index (κ1) is 20.0. The van der Waals surface area contributed by atoms with E-state index in [0.717, 1.165) is 32.7 Å². The summed E-state index contributed by atoms with van der Waals surface area (Å²) in [4.78, 5) is 14.6. The molecule has 0 aromatic heterocycles. The van der Waals surface area contributed by atoms with E-state index in [1.165, 1.54) is 5.70 Å². The number of morpholine rings is 1. The number of allylic oxidation sites excluding steroid dienone is 2. The second-order valence-electron chi connectivity index (χ2n) is 8.36. The monoisotopic (exact) mass is 325 g/mol. The molecule has 0 saturated carbocycles. The normalized spacial score (nSPS) is 18.7. The first-order valence-corrected chi connectivity index (χ1v) is 8.79. The second-order valence-corrected chi connectivity index (χ2v) is 8.36. The largest absolute Gasteiger partial charge is 0.460 e. The number of rotatable bonds is 5. The molecule has 0 bridgehead atoms. The molecule has 0 N–H and O–H groups in total. The molecule has 0 aliphatic carbocycles. The fourth-order valence-corrected chi connectivity index (χ4v) is 2.78. The SMILES string of the molecule is CCC(/C=C(\N1CCOCC1)C(C)(C)C)CC(=O)OC(C)(C)C. The van der Waals surface area contributed by atoms with Gasteiger partial charge in [-0.15, -0.1) is 0 Å². The number of nitrogens with zero attached hydrogens (tertiary/aromatic N) is 1. The molecule has 0 aromatic rings. The van der Waals surface area contributed by atoms with E-state index in [1.54, 1.807) is 0 Å². The van der Waals surface area contributed by atoms with Gasteiger partial charge in [0.25, 0.3) is 0 Å². The second kappa shape index (κ2) is 8.18. The predicted octanol–water partition coefficient (Wildman–Crippen LogP) is 4.01. The van der Waals surface area contributed by atoms with E-state index in [9.17, 15) is 4.79 Å². The van der Waals surface area contributed by atoms with Gasteiger partial charge >= 0.3 is 5.97 Å². The van der Waals surface area contributed by atoms with Gasteiger partial charge in [0.2, 0.25) is 0 Å². The van der Waals surface area contributed by atoms with Crippen LogP contribution in [0, 0.1) is 11.3 Å². The zero-order chi connectivity index (χ0) is 17.7. The van der Waals surface area contributed by atoms with Crippen LogP contribution in [0.2, 0.25) is 0 Å². The van der Waals surface area contributed by atoms with Gasteiger partial charge in [-0.05, 0) is 33.1 Å². The lowest BCUT2D eigenvalue weighted by atomic mass is 9.87. The minimum Gasteiger partial charge on any atom is -0.460 e. The van der Waals surface area contributed by atoms with Gasteiger partial charge in [-0.25, -0.2) is 0 Å². The zero-order valence-electron chi connectivity index (χ0n) is 16.1. The Hall–Kier alpha value is -1.03. The van der Waals surface area contributed by atoms with Crippen LogP contribution in [0.3, 0.4) is 0 Å². The third-order valence-electron chi connectivity index (χ3n) is 3.89. The van der Waals surface area contributed by atoms with Crippen molar-refractivity contribution in [2.45, 2.75) is 66.9 Å². The molecule has 134 valence electrons. The van der Waals surface area contributed by atoms with Gasteiger partial charge in [0.05, 0.1) is 19.6 Å². The molecule has 0 amide bonds. The van der Waals surface area contributed by atoms with Crippen LogP contribution >= 0.6 is 0 Å². The number of carbonyl (C=O) groups excluding carboxylic acids is 1. The molecule has 1 aliphatic rings. The average Bonchev–Trinajstić information content (AvgIpc) is 2.40. The van der Waals surface area contributed by atoms with E-state index in [4.69, 9.17) is 9.47 Å². The Kier molecular flexibility index (Phi) is 7.12. The zero-order valence-corrected chi connectivity index (χ0v) is 16.1. The Bertz CT molecular complexity index is 409. The third kappa shape index (κ3) is 7.38. The maximum atomic E-state index is 12.2. The smallest absolute Gasteiger partial charge is 0.306 e. The lowest BCUT2D eigenvalue weighted by Gasteiger charge is -2.38. The highest BCUT2D eigenvalue weighted by Crippen LogP contribution is 2.31. The van der Waals surface area contributed by atoms with Crippen LogP contribution in [0.25, 0.3) is 0 Å². The van der Waals surface area contributed by atoms with Crippen molar-refractivity contribution in [3.63, 3.8) is 0 Å². The van der Waals surface area contributed by atoms with Gasteiger partial charge in [0.1, 0.15) is 5.60 Å². The van der Waals surface area contributed by atoms with Crippen molar-refractivity contribution in [2.24, 2.45) is 11.3 Å². The summed E-state index contributed by atoms with van der Waals surface area (Å²) in [6.07, 6.45) is 3.66. The Balaban J connectivity index is 2.86. The maximum absolute atomic E-state index is 12.2. The van der Waals surface area contributed by atoms with Gasteiger partial charge < -0.3 is 14.4 Å². The van der Waals surface area contributed by atoms with E-state index in [2.05, 4.69) is 38.7 Å². The van der Waals surface area contributed by atoms with E-state index in [-0.39, 0.29) is 17.3 Å². The van der Waals surface area contributed by atoms with Gasteiger partial charge in [0, 0.05) is 24.2 Å². The summed E-state index contributed by atoms with van der Waals surface area (Å²) in [6.45, 7) is 18.0. The minimum absolute atomic E-state index is 0.0543. The minimum atomic E-state index is -0.420. The lowest BCUT2D eigenvalue weighted by Crippen LogP contribution is -2.39. The molecule has 1 rings (SSSR count). The molecule has 23 heavy (non-hydrogen) atoms. The van der Waals surface area contributed by atoms with E-state index < -0.39 is 5.60 Å². The Morgan fingerprint density at radius 2 is 1.74 bits per heavy atom. The van der Waals surface area contributed by atoms with Gasteiger partial charge in [-0.2, -0.15) is 0 Å². The van der Waals surface area contributed by atoms with Crippen molar-refractivity contribution in [1.29, 1.82) is 0 Å². The quantitative estimate of drug-likeness (QED) is 0.716. The van der Waals surface area contributed by atoms with Gasteiger partial charge in [0.15, 0.2) is 0 Å². The van der Waals surface area contributed by atoms with E-state index in [1.807, 2.05) is 20.8 Å². The fourth-order valence-electron chi connectivity index (χ4n) is 2.78. The van der Waals surface area contributed by atoms with Crippen LogP contribution in [-0.4, -0.2) is 42.8 Å². The maximum Gasteiger partial charge on any atom is 0.306 e. The molecule has 1 unspecified atom stereocenters. The van der Waals surface area contributed by atoms with Gasteiger partial charge in [-0.1, -0.05) is 33.8 Å². The number of hydrogen-bond donors (Lipinski definition) is 0. The van der Waals surface area contributed by atoms with Crippen molar-refractivity contribution >= 4 is 5.97 Å².